The van der Waals surface area contributed by atoms with Crippen molar-refractivity contribution in [3.8, 4) is 5.88 Å². The van der Waals surface area contributed by atoms with E-state index in [0.717, 1.165) is 4.88 Å². The van der Waals surface area contributed by atoms with Crippen molar-refractivity contribution in [1.82, 2.24) is 4.98 Å². The predicted molar refractivity (Wildman–Crippen MR) is 67.5 cm³/mol. The Balaban J connectivity index is 2.04. The summed E-state index contributed by atoms with van der Waals surface area (Å²) in [6, 6.07) is 7.49. The van der Waals surface area contributed by atoms with Gasteiger partial charge in [-0.15, -0.1) is 22.9 Å². The van der Waals surface area contributed by atoms with Crippen molar-refractivity contribution >= 4 is 34.5 Å². The van der Waals surface area contributed by atoms with E-state index in [1.807, 2.05) is 17.5 Å². The summed E-state index contributed by atoms with van der Waals surface area (Å²) < 4.78 is 5.53. The summed E-state index contributed by atoms with van der Waals surface area (Å²) in [5, 5.41) is 2.58. The molecule has 0 aliphatic carbocycles. The number of rotatable bonds is 4. The molecule has 0 N–H and O–H groups in total. The fourth-order valence-corrected chi connectivity index (χ4v) is 2.24. The van der Waals surface area contributed by atoms with Crippen LogP contribution in [-0.2, 0) is 12.5 Å². The molecule has 0 spiro atoms. The Morgan fingerprint density at radius 3 is 2.88 bits per heavy atom. The highest BCUT2D eigenvalue weighted by Crippen LogP contribution is 2.20. The number of thiophene rings is 1. The summed E-state index contributed by atoms with van der Waals surface area (Å²) in [6.45, 7) is 0.522. The topological polar surface area (TPSA) is 22.1 Å². The van der Waals surface area contributed by atoms with E-state index in [-0.39, 0.29) is 5.88 Å². The maximum absolute atomic E-state index is 5.90. The maximum Gasteiger partial charge on any atom is 0.213 e. The van der Waals surface area contributed by atoms with Crippen LogP contribution in [0.15, 0.2) is 29.6 Å². The van der Waals surface area contributed by atoms with Crippen LogP contribution in [0.25, 0.3) is 0 Å². The SMILES string of the molecule is ClCc1nc(OCc2cccs2)ccc1Cl. The van der Waals surface area contributed by atoms with E-state index in [9.17, 15) is 0 Å². The molecule has 5 heteroatoms. The van der Waals surface area contributed by atoms with Crippen LogP contribution < -0.4 is 4.74 Å². The summed E-state index contributed by atoms with van der Waals surface area (Å²) in [5.41, 5.74) is 0.645. The van der Waals surface area contributed by atoms with E-state index in [1.54, 1.807) is 23.5 Å². The van der Waals surface area contributed by atoms with Gasteiger partial charge in [0.2, 0.25) is 5.88 Å². The lowest BCUT2D eigenvalue weighted by Crippen LogP contribution is -1.97. The van der Waals surface area contributed by atoms with Crippen LogP contribution in [0, 0.1) is 0 Å². The molecule has 2 aromatic heterocycles. The van der Waals surface area contributed by atoms with Gasteiger partial charge in [0.1, 0.15) is 6.61 Å². The van der Waals surface area contributed by atoms with E-state index in [2.05, 4.69) is 4.98 Å². The minimum absolute atomic E-state index is 0.287. The Labute approximate surface area is 108 Å². The highest BCUT2D eigenvalue weighted by atomic mass is 35.5. The average molecular weight is 274 g/mol. The van der Waals surface area contributed by atoms with Gasteiger partial charge in [0.15, 0.2) is 0 Å². The number of hydrogen-bond donors (Lipinski definition) is 0. The first kappa shape index (κ1) is 11.7. The second-order valence-electron chi connectivity index (χ2n) is 3.08. The molecule has 2 heterocycles. The molecule has 0 fully saturated rings. The smallest absolute Gasteiger partial charge is 0.213 e. The van der Waals surface area contributed by atoms with E-state index in [1.165, 1.54) is 0 Å². The number of halogens is 2. The summed E-state index contributed by atoms with van der Waals surface area (Å²) >= 11 is 13.2. The van der Waals surface area contributed by atoms with E-state index in [4.69, 9.17) is 27.9 Å². The first-order valence-electron chi connectivity index (χ1n) is 4.66. The van der Waals surface area contributed by atoms with Crippen LogP contribution in [0.2, 0.25) is 5.02 Å². The average Bonchev–Trinajstić information content (AvgIpc) is 2.81. The van der Waals surface area contributed by atoms with E-state index >= 15 is 0 Å². The molecule has 0 saturated carbocycles. The summed E-state index contributed by atoms with van der Waals surface area (Å²) in [4.78, 5) is 5.37. The molecule has 0 aliphatic heterocycles. The fraction of sp³-hybridized carbons (Fsp3) is 0.182. The number of aromatic nitrogens is 1. The maximum atomic E-state index is 5.90. The number of ether oxygens (including phenoxy) is 1. The second kappa shape index (κ2) is 5.53. The summed E-state index contributed by atoms with van der Waals surface area (Å²) in [7, 11) is 0. The third-order valence-electron chi connectivity index (χ3n) is 1.96. The summed E-state index contributed by atoms with van der Waals surface area (Å²) in [5.74, 6) is 0.836. The van der Waals surface area contributed by atoms with Gasteiger partial charge in [0.25, 0.3) is 0 Å². The lowest BCUT2D eigenvalue weighted by molar-refractivity contribution is 0.296. The van der Waals surface area contributed by atoms with Crippen LogP contribution in [0.4, 0.5) is 0 Å². The van der Waals surface area contributed by atoms with E-state index < -0.39 is 0 Å². The van der Waals surface area contributed by atoms with Crippen LogP contribution in [-0.4, -0.2) is 4.98 Å². The molecule has 84 valence electrons. The zero-order chi connectivity index (χ0) is 11.4. The number of alkyl halides is 1. The third kappa shape index (κ3) is 2.88. The molecule has 2 aromatic rings. The number of nitrogens with zero attached hydrogens (tertiary/aromatic N) is 1. The molecule has 0 amide bonds. The first-order valence-corrected chi connectivity index (χ1v) is 6.45. The molecule has 0 unspecified atom stereocenters. The van der Waals surface area contributed by atoms with Crippen LogP contribution in [0.3, 0.4) is 0 Å². The second-order valence-corrected chi connectivity index (χ2v) is 4.79. The van der Waals surface area contributed by atoms with Gasteiger partial charge in [0, 0.05) is 10.9 Å². The minimum atomic E-state index is 0.287. The highest BCUT2D eigenvalue weighted by Gasteiger charge is 2.04. The Hall–Kier alpha value is -0.770. The van der Waals surface area contributed by atoms with Gasteiger partial charge < -0.3 is 4.74 Å². The molecule has 0 bridgehead atoms. The van der Waals surface area contributed by atoms with E-state index in [0.29, 0.717) is 23.2 Å². The molecule has 16 heavy (non-hydrogen) atoms. The first-order chi connectivity index (χ1) is 7.79. The van der Waals surface area contributed by atoms with Gasteiger partial charge >= 0.3 is 0 Å². The fourth-order valence-electron chi connectivity index (χ4n) is 1.18. The lowest BCUT2D eigenvalue weighted by atomic mass is 10.4. The summed E-state index contributed by atoms with van der Waals surface area (Å²) in [6.07, 6.45) is 0. The largest absolute Gasteiger partial charge is 0.472 e. The number of hydrogen-bond acceptors (Lipinski definition) is 3. The van der Waals surface area contributed by atoms with Crippen molar-refractivity contribution in [2.75, 3.05) is 0 Å². The zero-order valence-corrected chi connectivity index (χ0v) is 10.6. The standard InChI is InChI=1S/C11H9Cl2NOS/c12-6-10-9(13)3-4-11(14-10)15-7-8-2-1-5-16-8/h1-5H,6-7H2. The zero-order valence-electron chi connectivity index (χ0n) is 8.32. The molecule has 0 aliphatic rings. The molecular weight excluding hydrogens is 265 g/mol. The lowest BCUT2D eigenvalue weighted by Gasteiger charge is -2.05. The number of pyridine rings is 1. The van der Waals surface area contributed by atoms with Gasteiger partial charge in [-0.25, -0.2) is 4.98 Å². The molecule has 2 rings (SSSR count). The van der Waals surface area contributed by atoms with Gasteiger partial charge in [0.05, 0.1) is 16.6 Å². The minimum Gasteiger partial charge on any atom is -0.472 e. The van der Waals surface area contributed by atoms with Crippen molar-refractivity contribution in [2.24, 2.45) is 0 Å². The predicted octanol–water partition coefficient (Wildman–Crippen LogP) is 4.11. The van der Waals surface area contributed by atoms with Gasteiger partial charge in [-0.2, -0.15) is 0 Å². The van der Waals surface area contributed by atoms with Crippen molar-refractivity contribution in [3.05, 3.63) is 45.2 Å². The third-order valence-corrected chi connectivity index (χ3v) is 3.41. The Morgan fingerprint density at radius 1 is 1.31 bits per heavy atom. The van der Waals surface area contributed by atoms with Gasteiger partial charge in [-0.3, -0.25) is 0 Å². The molecular formula is C11H9Cl2NOS. The molecule has 0 aromatic carbocycles. The Bertz CT molecular complexity index is 459. The molecule has 0 atom stereocenters. The van der Waals surface area contributed by atoms with Gasteiger partial charge in [-0.05, 0) is 17.5 Å². The monoisotopic (exact) mass is 273 g/mol. The highest BCUT2D eigenvalue weighted by molar-refractivity contribution is 7.09. The quantitative estimate of drug-likeness (QED) is 0.782. The van der Waals surface area contributed by atoms with Gasteiger partial charge in [-0.1, -0.05) is 17.7 Å². The molecule has 0 radical (unpaired) electrons. The van der Waals surface area contributed by atoms with Crippen LogP contribution in [0.1, 0.15) is 10.6 Å². The van der Waals surface area contributed by atoms with Crippen LogP contribution >= 0.6 is 34.5 Å². The Kier molecular flexibility index (Phi) is 4.04. The van der Waals surface area contributed by atoms with Crippen LogP contribution in [0.5, 0.6) is 5.88 Å². The van der Waals surface area contributed by atoms with Crippen molar-refractivity contribution in [3.63, 3.8) is 0 Å². The molecule has 0 saturated heterocycles. The van der Waals surface area contributed by atoms with Crippen molar-refractivity contribution < 1.29 is 4.74 Å². The van der Waals surface area contributed by atoms with Crippen molar-refractivity contribution in [2.45, 2.75) is 12.5 Å². The molecule has 2 nitrogen and oxygen atoms in total. The van der Waals surface area contributed by atoms with Crippen molar-refractivity contribution in [1.29, 1.82) is 0 Å². The Morgan fingerprint density at radius 2 is 2.19 bits per heavy atom. The normalized spacial score (nSPS) is 10.4.